The molecule has 1 atom stereocenters. The van der Waals surface area contributed by atoms with E-state index in [2.05, 4.69) is 10.6 Å². The monoisotopic (exact) mass is 420 g/mol. The molecule has 28 heavy (non-hydrogen) atoms. The normalized spacial score (nSPS) is 16.1. The summed E-state index contributed by atoms with van der Waals surface area (Å²) in [6.07, 6.45) is -0.199. The summed E-state index contributed by atoms with van der Waals surface area (Å²) >= 11 is 1.38. The van der Waals surface area contributed by atoms with Crippen molar-refractivity contribution in [2.75, 3.05) is 23.5 Å². The van der Waals surface area contributed by atoms with E-state index in [1.807, 2.05) is 0 Å². The van der Waals surface area contributed by atoms with E-state index in [1.165, 1.54) is 31.0 Å². The summed E-state index contributed by atoms with van der Waals surface area (Å²) in [4.78, 5) is 24.9. The van der Waals surface area contributed by atoms with Gasteiger partial charge in [0.25, 0.3) is 0 Å². The number of nitrogens with one attached hydrogen (secondary N) is 2. The molecule has 3 rings (SSSR count). The van der Waals surface area contributed by atoms with Crippen LogP contribution in [0.15, 0.2) is 52.3 Å². The van der Waals surface area contributed by atoms with Crippen LogP contribution in [-0.4, -0.2) is 38.3 Å². The molecule has 1 aliphatic heterocycles. The van der Waals surface area contributed by atoms with Crippen molar-refractivity contribution in [3.8, 4) is 5.75 Å². The van der Waals surface area contributed by atoms with Crippen LogP contribution in [0.1, 0.15) is 13.3 Å². The second-order valence-electron chi connectivity index (χ2n) is 6.22. The first-order valence-electron chi connectivity index (χ1n) is 8.57. The SMILES string of the molecule is COc1ccccc1NC(=O)CCS(=O)(=O)c1ccc2c(c1)NC(=O)[C@H](C)S2. The summed E-state index contributed by atoms with van der Waals surface area (Å²) in [5, 5.41) is 5.14. The van der Waals surface area contributed by atoms with Gasteiger partial charge in [-0.25, -0.2) is 8.42 Å². The third-order valence-corrected chi connectivity index (χ3v) is 7.11. The van der Waals surface area contributed by atoms with Gasteiger partial charge in [-0.05, 0) is 37.3 Å². The van der Waals surface area contributed by atoms with Crippen LogP contribution in [0.2, 0.25) is 0 Å². The lowest BCUT2D eigenvalue weighted by Crippen LogP contribution is -2.26. The van der Waals surface area contributed by atoms with E-state index < -0.39 is 15.7 Å². The molecule has 0 fully saturated rings. The molecule has 7 nitrogen and oxygen atoms in total. The molecule has 0 radical (unpaired) electrons. The number of fused-ring (bicyclic) bond motifs is 1. The van der Waals surface area contributed by atoms with Gasteiger partial charge in [0.05, 0.1) is 34.4 Å². The van der Waals surface area contributed by atoms with E-state index in [-0.39, 0.29) is 28.2 Å². The number of ether oxygens (including phenoxy) is 1. The molecular formula is C19H20N2O5S2. The Bertz CT molecular complexity index is 1020. The Morgan fingerprint density at radius 3 is 2.75 bits per heavy atom. The number of para-hydroxylation sites is 2. The number of benzene rings is 2. The average molecular weight is 421 g/mol. The van der Waals surface area contributed by atoms with Crippen LogP contribution in [0.25, 0.3) is 0 Å². The predicted molar refractivity (Wildman–Crippen MR) is 109 cm³/mol. The first-order valence-corrected chi connectivity index (χ1v) is 11.1. The highest BCUT2D eigenvalue weighted by Gasteiger charge is 2.25. The molecule has 0 aliphatic carbocycles. The van der Waals surface area contributed by atoms with E-state index in [9.17, 15) is 18.0 Å². The Labute approximate surface area is 167 Å². The van der Waals surface area contributed by atoms with Crippen LogP contribution < -0.4 is 15.4 Å². The molecule has 148 valence electrons. The van der Waals surface area contributed by atoms with Gasteiger partial charge in [0, 0.05) is 11.3 Å². The topological polar surface area (TPSA) is 102 Å². The minimum Gasteiger partial charge on any atom is -0.495 e. The highest BCUT2D eigenvalue weighted by molar-refractivity contribution is 8.01. The van der Waals surface area contributed by atoms with Crippen LogP contribution >= 0.6 is 11.8 Å². The third kappa shape index (κ3) is 4.48. The van der Waals surface area contributed by atoms with Crippen molar-refractivity contribution in [1.82, 2.24) is 0 Å². The second-order valence-corrected chi connectivity index (χ2v) is 9.72. The fraction of sp³-hybridized carbons (Fsp3) is 0.263. The molecule has 1 aliphatic rings. The molecule has 0 unspecified atom stereocenters. The lowest BCUT2D eigenvalue weighted by Gasteiger charge is -2.21. The quantitative estimate of drug-likeness (QED) is 0.745. The van der Waals surface area contributed by atoms with E-state index in [0.29, 0.717) is 17.1 Å². The molecule has 0 saturated heterocycles. The maximum absolute atomic E-state index is 12.6. The lowest BCUT2D eigenvalue weighted by atomic mass is 10.3. The van der Waals surface area contributed by atoms with Gasteiger partial charge in [0.15, 0.2) is 9.84 Å². The summed E-state index contributed by atoms with van der Waals surface area (Å²) < 4.78 is 30.4. The lowest BCUT2D eigenvalue weighted by molar-refractivity contribution is -0.116. The van der Waals surface area contributed by atoms with Crippen molar-refractivity contribution in [2.24, 2.45) is 0 Å². The van der Waals surface area contributed by atoms with Crippen LogP contribution in [0, 0.1) is 0 Å². The molecular weight excluding hydrogens is 400 g/mol. The summed E-state index contributed by atoms with van der Waals surface area (Å²) in [6.45, 7) is 1.79. The highest BCUT2D eigenvalue weighted by atomic mass is 32.2. The summed E-state index contributed by atoms with van der Waals surface area (Å²) in [7, 11) is -2.19. The van der Waals surface area contributed by atoms with Gasteiger partial charge in [-0.3, -0.25) is 9.59 Å². The molecule has 0 saturated carbocycles. The minimum absolute atomic E-state index is 0.0757. The maximum Gasteiger partial charge on any atom is 0.237 e. The van der Waals surface area contributed by atoms with Gasteiger partial charge in [-0.15, -0.1) is 11.8 Å². The number of anilines is 2. The number of hydrogen-bond acceptors (Lipinski definition) is 6. The molecule has 2 N–H and O–H groups in total. The standard InChI is InChI=1S/C19H20N2O5S2/c1-12-19(23)21-15-11-13(7-8-17(15)27-12)28(24,25)10-9-18(22)20-14-5-3-4-6-16(14)26-2/h3-8,11-12H,9-10H2,1-2H3,(H,20,22)(H,21,23)/t12-/m0/s1. The van der Waals surface area contributed by atoms with E-state index in [4.69, 9.17) is 4.74 Å². The fourth-order valence-electron chi connectivity index (χ4n) is 2.69. The number of carbonyl (C=O) groups excluding carboxylic acids is 2. The second kappa shape index (κ2) is 8.24. The molecule has 1 heterocycles. The molecule has 0 spiro atoms. The first kappa shape index (κ1) is 20.2. The number of methoxy groups -OCH3 is 1. The third-order valence-electron chi connectivity index (χ3n) is 4.22. The maximum atomic E-state index is 12.6. The number of thioether (sulfide) groups is 1. The Morgan fingerprint density at radius 1 is 1.25 bits per heavy atom. The van der Waals surface area contributed by atoms with Crippen LogP contribution in [0.3, 0.4) is 0 Å². The van der Waals surface area contributed by atoms with Crippen LogP contribution in [0.4, 0.5) is 11.4 Å². The number of sulfone groups is 1. The van der Waals surface area contributed by atoms with E-state index in [0.717, 1.165) is 4.90 Å². The molecule has 2 aromatic carbocycles. The highest BCUT2D eigenvalue weighted by Crippen LogP contribution is 2.37. The van der Waals surface area contributed by atoms with Gasteiger partial charge in [-0.2, -0.15) is 0 Å². The van der Waals surface area contributed by atoms with E-state index in [1.54, 1.807) is 37.3 Å². The van der Waals surface area contributed by atoms with Crippen molar-refractivity contribution in [2.45, 2.75) is 28.4 Å². The number of amides is 2. The Balaban J connectivity index is 1.68. The van der Waals surface area contributed by atoms with Crippen LogP contribution in [-0.2, 0) is 19.4 Å². The first-order chi connectivity index (χ1) is 13.3. The van der Waals surface area contributed by atoms with Gasteiger partial charge in [0.2, 0.25) is 11.8 Å². The zero-order valence-corrected chi connectivity index (χ0v) is 17.0. The minimum atomic E-state index is -3.68. The Kier molecular flexibility index (Phi) is 5.95. The van der Waals surface area contributed by atoms with Gasteiger partial charge in [0.1, 0.15) is 5.75 Å². The Morgan fingerprint density at radius 2 is 2.00 bits per heavy atom. The number of carbonyl (C=O) groups is 2. The van der Waals surface area contributed by atoms with Crippen molar-refractivity contribution in [3.05, 3.63) is 42.5 Å². The van der Waals surface area contributed by atoms with Crippen molar-refractivity contribution < 1.29 is 22.7 Å². The molecule has 0 aromatic heterocycles. The number of rotatable bonds is 6. The molecule has 2 amide bonds. The zero-order valence-electron chi connectivity index (χ0n) is 15.4. The van der Waals surface area contributed by atoms with Crippen molar-refractivity contribution >= 4 is 44.8 Å². The Hall–Kier alpha value is -2.52. The van der Waals surface area contributed by atoms with Gasteiger partial charge >= 0.3 is 0 Å². The van der Waals surface area contributed by atoms with E-state index >= 15 is 0 Å². The number of hydrogen-bond donors (Lipinski definition) is 2. The molecule has 0 bridgehead atoms. The largest absolute Gasteiger partial charge is 0.495 e. The smallest absolute Gasteiger partial charge is 0.237 e. The summed E-state index contributed by atoms with van der Waals surface area (Å²) in [6, 6.07) is 11.5. The van der Waals surface area contributed by atoms with Crippen molar-refractivity contribution in [1.29, 1.82) is 0 Å². The van der Waals surface area contributed by atoms with Gasteiger partial charge in [-0.1, -0.05) is 12.1 Å². The van der Waals surface area contributed by atoms with Crippen molar-refractivity contribution in [3.63, 3.8) is 0 Å². The average Bonchev–Trinajstić information content (AvgIpc) is 2.67. The van der Waals surface area contributed by atoms with Crippen LogP contribution in [0.5, 0.6) is 5.75 Å². The molecule has 2 aromatic rings. The summed E-state index contributed by atoms with van der Waals surface area (Å²) in [5.41, 5.74) is 0.961. The summed E-state index contributed by atoms with van der Waals surface area (Å²) in [5.74, 6) is -0.438. The predicted octanol–water partition coefficient (Wildman–Crippen LogP) is 2.93. The fourth-order valence-corrected chi connectivity index (χ4v) is 4.88. The zero-order chi connectivity index (χ0) is 20.3. The van der Waals surface area contributed by atoms with Gasteiger partial charge < -0.3 is 15.4 Å². The molecule has 9 heteroatoms.